The maximum Gasteiger partial charge on any atom is 0.133 e. The number of aryl methyl sites for hydroxylation is 1. The van der Waals surface area contributed by atoms with Gasteiger partial charge >= 0.3 is 0 Å². The highest BCUT2D eigenvalue weighted by molar-refractivity contribution is 5.17. The van der Waals surface area contributed by atoms with Gasteiger partial charge in [-0.1, -0.05) is 19.3 Å². The zero-order valence-electron chi connectivity index (χ0n) is 12.0. The van der Waals surface area contributed by atoms with Gasteiger partial charge in [0.05, 0.1) is 0 Å². The second kappa shape index (κ2) is 6.00. The van der Waals surface area contributed by atoms with Crippen LogP contribution < -0.4 is 5.32 Å². The lowest BCUT2D eigenvalue weighted by molar-refractivity contribution is 0.423. The first-order valence-corrected chi connectivity index (χ1v) is 7.89. The summed E-state index contributed by atoms with van der Waals surface area (Å²) in [7, 11) is 0. The molecule has 3 nitrogen and oxygen atoms in total. The van der Waals surface area contributed by atoms with Gasteiger partial charge in [0, 0.05) is 29.8 Å². The largest absolute Gasteiger partial charge is 0.316 e. The molecule has 0 radical (unpaired) electrons. The fourth-order valence-corrected chi connectivity index (χ4v) is 3.48. The van der Waals surface area contributed by atoms with E-state index in [-0.39, 0.29) is 0 Å². The Morgan fingerprint density at radius 3 is 2.53 bits per heavy atom. The summed E-state index contributed by atoms with van der Waals surface area (Å²) >= 11 is 0. The van der Waals surface area contributed by atoms with E-state index in [0.717, 1.165) is 24.6 Å². The zero-order chi connectivity index (χ0) is 13.1. The third kappa shape index (κ3) is 3.14. The fraction of sp³-hybridized carbons (Fsp3) is 0.750. The van der Waals surface area contributed by atoms with Gasteiger partial charge in [0.2, 0.25) is 0 Å². The Bertz CT molecular complexity index is 382. The van der Waals surface area contributed by atoms with Gasteiger partial charge in [0.15, 0.2) is 0 Å². The van der Waals surface area contributed by atoms with E-state index < -0.39 is 0 Å². The van der Waals surface area contributed by atoms with Crippen LogP contribution in [0.2, 0.25) is 0 Å². The third-order valence-corrected chi connectivity index (χ3v) is 4.58. The molecule has 3 rings (SSSR count). The summed E-state index contributed by atoms with van der Waals surface area (Å²) in [5.41, 5.74) is 2.46. The van der Waals surface area contributed by atoms with Crippen molar-refractivity contribution < 1.29 is 0 Å². The van der Waals surface area contributed by atoms with Crippen LogP contribution in [0.15, 0.2) is 6.07 Å². The van der Waals surface area contributed by atoms with Crippen molar-refractivity contribution in [3.8, 4) is 0 Å². The van der Waals surface area contributed by atoms with E-state index in [1.54, 1.807) is 0 Å². The predicted molar refractivity (Wildman–Crippen MR) is 77.4 cm³/mol. The summed E-state index contributed by atoms with van der Waals surface area (Å²) in [4.78, 5) is 9.63. The second-order valence-corrected chi connectivity index (χ2v) is 6.17. The number of rotatable bonds is 2. The quantitative estimate of drug-likeness (QED) is 0.885. The monoisotopic (exact) mass is 259 g/mol. The van der Waals surface area contributed by atoms with Gasteiger partial charge in [-0.3, -0.25) is 0 Å². The van der Waals surface area contributed by atoms with Gasteiger partial charge < -0.3 is 5.32 Å². The molecule has 2 fully saturated rings. The topological polar surface area (TPSA) is 37.8 Å². The minimum absolute atomic E-state index is 0.524. The average Bonchev–Trinajstić information content (AvgIpc) is 2.48. The van der Waals surface area contributed by atoms with E-state index in [1.807, 2.05) is 0 Å². The van der Waals surface area contributed by atoms with Crippen molar-refractivity contribution in [2.45, 2.75) is 63.7 Å². The minimum Gasteiger partial charge on any atom is -0.316 e. The SMILES string of the molecule is Cc1cc(C2CCCCC2)nc(C2CCCNC2)n1. The molecule has 1 aliphatic heterocycles. The lowest BCUT2D eigenvalue weighted by Gasteiger charge is -2.25. The Labute approximate surface area is 116 Å². The smallest absolute Gasteiger partial charge is 0.133 e. The highest BCUT2D eigenvalue weighted by atomic mass is 14.9. The number of aromatic nitrogens is 2. The first kappa shape index (κ1) is 13.0. The van der Waals surface area contributed by atoms with Gasteiger partial charge in [-0.2, -0.15) is 0 Å². The van der Waals surface area contributed by atoms with Crippen LogP contribution in [0.4, 0.5) is 0 Å². The molecule has 0 bridgehead atoms. The van der Waals surface area contributed by atoms with Gasteiger partial charge in [0.1, 0.15) is 5.82 Å². The minimum atomic E-state index is 0.524. The van der Waals surface area contributed by atoms with Crippen LogP contribution in [0.1, 0.15) is 74.0 Å². The molecular weight excluding hydrogens is 234 g/mol. The molecule has 1 saturated carbocycles. The Kier molecular flexibility index (Phi) is 4.12. The Hall–Kier alpha value is -0.960. The lowest BCUT2D eigenvalue weighted by atomic mass is 9.86. The molecule has 1 aliphatic carbocycles. The summed E-state index contributed by atoms with van der Waals surface area (Å²) < 4.78 is 0. The number of hydrogen-bond acceptors (Lipinski definition) is 3. The Morgan fingerprint density at radius 2 is 1.79 bits per heavy atom. The molecule has 0 amide bonds. The molecule has 1 aromatic rings. The molecule has 0 aromatic carbocycles. The highest BCUT2D eigenvalue weighted by Crippen LogP contribution is 2.32. The maximum absolute atomic E-state index is 4.93. The molecule has 1 atom stereocenters. The van der Waals surface area contributed by atoms with Gasteiger partial charge in [-0.05, 0) is 45.2 Å². The van der Waals surface area contributed by atoms with E-state index in [9.17, 15) is 0 Å². The van der Waals surface area contributed by atoms with Crippen LogP contribution in [0, 0.1) is 6.92 Å². The first-order chi connectivity index (χ1) is 9.33. The predicted octanol–water partition coefficient (Wildman–Crippen LogP) is 3.30. The lowest BCUT2D eigenvalue weighted by Crippen LogP contribution is -2.29. The van der Waals surface area contributed by atoms with Crippen molar-refractivity contribution in [3.05, 3.63) is 23.3 Å². The Balaban J connectivity index is 1.82. The van der Waals surface area contributed by atoms with Crippen LogP contribution in [0.5, 0.6) is 0 Å². The summed E-state index contributed by atoms with van der Waals surface area (Å²) in [5, 5.41) is 3.47. The van der Waals surface area contributed by atoms with Crippen LogP contribution in [0.25, 0.3) is 0 Å². The van der Waals surface area contributed by atoms with Crippen LogP contribution in [0.3, 0.4) is 0 Å². The van der Waals surface area contributed by atoms with E-state index in [1.165, 1.54) is 50.6 Å². The Morgan fingerprint density at radius 1 is 1.00 bits per heavy atom. The zero-order valence-corrected chi connectivity index (χ0v) is 12.0. The third-order valence-electron chi connectivity index (χ3n) is 4.58. The van der Waals surface area contributed by atoms with Crippen molar-refractivity contribution in [3.63, 3.8) is 0 Å². The molecular formula is C16H25N3. The molecule has 1 aromatic heterocycles. The van der Waals surface area contributed by atoms with E-state index in [0.29, 0.717) is 11.8 Å². The number of hydrogen-bond donors (Lipinski definition) is 1. The number of nitrogens with zero attached hydrogens (tertiary/aromatic N) is 2. The van der Waals surface area contributed by atoms with Gasteiger partial charge in [-0.25, -0.2) is 9.97 Å². The fourth-order valence-electron chi connectivity index (χ4n) is 3.48. The maximum atomic E-state index is 4.93. The van der Waals surface area contributed by atoms with Crippen molar-refractivity contribution in [1.29, 1.82) is 0 Å². The highest BCUT2D eigenvalue weighted by Gasteiger charge is 2.22. The molecule has 104 valence electrons. The van der Waals surface area contributed by atoms with E-state index >= 15 is 0 Å². The normalized spacial score (nSPS) is 25.4. The van der Waals surface area contributed by atoms with E-state index in [4.69, 9.17) is 9.97 Å². The van der Waals surface area contributed by atoms with Crippen molar-refractivity contribution >= 4 is 0 Å². The molecule has 2 heterocycles. The molecule has 1 unspecified atom stereocenters. The molecule has 0 spiro atoms. The molecule has 2 aliphatic rings. The van der Waals surface area contributed by atoms with Crippen LogP contribution >= 0.6 is 0 Å². The number of nitrogens with one attached hydrogen (secondary N) is 1. The van der Waals surface area contributed by atoms with Crippen molar-refractivity contribution in [2.75, 3.05) is 13.1 Å². The van der Waals surface area contributed by atoms with E-state index in [2.05, 4.69) is 18.3 Å². The molecule has 1 saturated heterocycles. The number of piperidine rings is 1. The molecule has 1 N–H and O–H groups in total. The second-order valence-electron chi connectivity index (χ2n) is 6.17. The van der Waals surface area contributed by atoms with Crippen LogP contribution in [-0.2, 0) is 0 Å². The summed E-state index contributed by atoms with van der Waals surface area (Å²) in [6, 6.07) is 2.22. The van der Waals surface area contributed by atoms with Crippen molar-refractivity contribution in [1.82, 2.24) is 15.3 Å². The van der Waals surface area contributed by atoms with Gasteiger partial charge in [-0.15, -0.1) is 0 Å². The van der Waals surface area contributed by atoms with Crippen molar-refractivity contribution in [2.24, 2.45) is 0 Å². The standard InChI is InChI=1S/C16H25N3/c1-12-10-15(13-6-3-2-4-7-13)19-16(18-12)14-8-5-9-17-11-14/h10,13-14,17H,2-9,11H2,1H3. The first-order valence-electron chi connectivity index (χ1n) is 7.89. The molecule has 3 heteroatoms. The average molecular weight is 259 g/mol. The molecule has 19 heavy (non-hydrogen) atoms. The van der Waals surface area contributed by atoms with Gasteiger partial charge in [0.25, 0.3) is 0 Å². The summed E-state index contributed by atoms with van der Waals surface area (Å²) in [6.45, 7) is 4.32. The summed E-state index contributed by atoms with van der Waals surface area (Å²) in [6.07, 6.45) is 9.26. The van der Waals surface area contributed by atoms with Crippen LogP contribution in [-0.4, -0.2) is 23.1 Å². The summed E-state index contributed by atoms with van der Waals surface area (Å²) in [5.74, 6) is 2.30.